The molecule has 3 aliphatic carbocycles. The molecule has 0 radical (unpaired) electrons. The number of aliphatic carboxylic acids is 1. The molecule has 3 aliphatic rings. The van der Waals surface area contributed by atoms with Gasteiger partial charge in [-0.2, -0.15) is 0 Å². The molecule has 2 heteroatoms. The predicted octanol–water partition coefficient (Wildman–Crippen LogP) is 5.43. The Balaban J connectivity index is 1.96. The third-order valence-corrected chi connectivity index (χ3v) is 7.43. The van der Waals surface area contributed by atoms with Crippen molar-refractivity contribution in [2.24, 2.45) is 28.1 Å². The van der Waals surface area contributed by atoms with Gasteiger partial charge in [-0.25, -0.2) is 0 Å². The van der Waals surface area contributed by atoms with Crippen LogP contribution >= 0.6 is 0 Å². The Morgan fingerprint density at radius 2 is 2.00 bits per heavy atom. The van der Waals surface area contributed by atoms with Gasteiger partial charge >= 0.3 is 5.97 Å². The van der Waals surface area contributed by atoms with Gasteiger partial charge in [0.15, 0.2) is 0 Å². The highest BCUT2D eigenvalue weighted by molar-refractivity contribution is 5.68. The lowest BCUT2D eigenvalue weighted by molar-refractivity contribution is -0.152. The second kappa shape index (κ2) is 5.11. The second-order valence-corrected chi connectivity index (χ2v) is 9.56. The van der Waals surface area contributed by atoms with E-state index in [1.54, 1.807) is 0 Å². The van der Waals surface area contributed by atoms with E-state index in [2.05, 4.69) is 33.8 Å². The predicted molar refractivity (Wildman–Crippen MR) is 89.6 cm³/mol. The minimum Gasteiger partial charge on any atom is -0.481 e. The van der Waals surface area contributed by atoms with Gasteiger partial charge in [0, 0.05) is 0 Å². The number of hydrogen-bond acceptors (Lipinski definition) is 1. The monoisotopic (exact) mass is 304 g/mol. The Morgan fingerprint density at radius 1 is 1.27 bits per heavy atom. The highest BCUT2D eigenvalue weighted by Gasteiger charge is 2.58. The zero-order valence-corrected chi connectivity index (χ0v) is 14.7. The first-order chi connectivity index (χ1) is 10.2. The van der Waals surface area contributed by atoms with Crippen molar-refractivity contribution >= 4 is 5.97 Å². The van der Waals surface area contributed by atoms with Gasteiger partial charge in [-0.1, -0.05) is 32.4 Å². The van der Waals surface area contributed by atoms with Crippen LogP contribution in [0.3, 0.4) is 0 Å². The summed E-state index contributed by atoms with van der Waals surface area (Å²) in [5.74, 6) is 0.752. The van der Waals surface area contributed by atoms with Crippen LogP contribution in [0.4, 0.5) is 0 Å². The number of carboxylic acid groups (broad SMARTS) is 1. The van der Waals surface area contributed by atoms with Crippen LogP contribution in [0.5, 0.6) is 0 Å². The summed E-state index contributed by atoms with van der Waals surface area (Å²) in [5.41, 5.74) is 2.26. The zero-order chi connectivity index (χ0) is 16.2. The summed E-state index contributed by atoms with van der Waals surface area (Å²) < 4.78 is 0. The number of carboxylic acids is 1. The molecule has 22 heavy (non-hydrogen) atoms. The fraction of sp³-hybridized carbons (Fsp3) is 0.850. The van der Waals surface area contributed by atoms with Crippen LogP contribution in [0, 0.1) is 28.1 Å². The van der Waals surface area contributed by atoms with Crippen LogP contribution < -0.4 is 0 Å². The largest absolute Gasteiger partial charge is 0.481 e. The van der Waals surface area contributed by atoms with Crippen molar-refractivity contribution in [3.8, 4) is 0 Å². The van der Waals surface area contributed by atoms with Crippen molar-refractivity contribution in [2.75, 3.05) is 0 Å². The van der Waals surface area contributed by atoms with Crippen molar-refractivity contribution in [2.45, 2.75) is 79.1 Å². The van der Waals surface area contributed by atoms with E-state index in [4.69, 9.17) is 0 Å². The van der Waals surface area contributed by atoms with Gasteiger partial charge < -0.3 is 5.11 Å². The van der Waals surface area contributed by atoms with E-state index >= 15 is 0 Å². The third kappa shape index (κ3) is 2.53. The summed E-state index contributed by atoms with van der Waals surface area (Å²) in [6.45, 7) is 9.51. The van der Waals surface area contributed by atoms with Gasteiger partial charge in [0.05, 0.1) is 6.42 Å². The molecule has 1 N–H and O–H groups in total. The molecule has 0 aromatic heterocycles. The SMILES string of the molecule is CC1=CCC2[C@](CC(=O)O)(CCC3CC(C)(C)CC[C@]32C)C1. The summed E-state index contributed by atoms with van der Waals surface area (Å²) in [7, 11) is 0. The standard InChI is InChI=1S/C20H32O2/c1-14-5-6-16-19(4)10-9-18(2,3)12-15(19)7-8-20(16,11-14)13-17(21)22/h5,15-16H,6-13H2,1-4H3,(H,21,22)/t15?,16?,19-,20-/m1/s1. The molecule has 0 heterocycles. The molecule has 0 aromatic carbocycles. The van der Waals surface area contributed by atoms with Crippen molar-refractivity contribution in [3.05, 3.63) is 11.6 Å². The molecule has 2 unspecified atom stereocenters. The van der Waals surface area contributed by atoms with Crippen LogP contribution in [0.15, 0.2) is 11.6 Å². The topological polar surface area (TPSA) is 37.3 Å². The maximum Gasteiger partial charge on any atom is 0.303 e. The Kier molecular flexibility index (Phi) is 3.73. The molecule has 0 aromatic rings. The van der Waals surface area contributed by atoms with E-state index in [1.807, 2.05) is 0 Å². The van der Waals surface area contributed by atoms with Crippen molar-refractivity contribution < 1.29 is 9.90 Å². The van der Waals surface area contributed by atoms with Gasteiger partial charge in [-0.15, -0.1) is 0 Å². The molecular weight excluding hydrogens is 272 g/mol. The molecule has 0 amide bonds. The Bertz CT molecular complexity index is 504. The van der Waals surface area contributed by atoms with Crippen LogP contribution in [0.2, 0.25) is 0 Å². The van der Waals surface area contributed by atoms with E-state index in [0.717, 1.165) is 25.2 Å². The lowest BCUT2D eigenvalue weighted by Gasteiger charge is -2.62. The molecule has 124 valence electrons. The van der Waals surface area contributed by atoms with Crippen LogP contribution in [-0.2, 0) is 4.79 Å². The van der Waals surface area contributed by atoms with Gasteiger partial charge in [0.1, 0.15) is 0 Å². The Hall–Kier alpha value is -0.790. The molecule has 3 rings (SSSR count). The van der Waals surface area contributed by atoms with Crippen molar-refractivity contribution in [1.82, 2.24) is 0 Å². The number of fused-ring (bicyclic) bond motifs is 3. The smallest absolute Gasteiger partial charge is 0.303 e. The molecule has 2 nitrogen and oxygen atoms in total. The summed E-state index contributed by atoms with van der Waals surface area (Å²) >= 11 is 0. The lowest BCUT2D eigenvalue weighted by Crippen LogP contribution is -2.54. The quantitative estimate of drug-likeness (QED) is 0.691. The summed E-state index contributed by atoms with van der Waals surface area (Å²) in [5, 5.41) is 9.53. The minimum absolute atomic E-state index is 0.0252. The fourth-order valence-corrected chi connectivity index (χ4v) is 6.29. The third-order valence-electron chi connectivity index (χ3n) is 7.43. The van der Waals surface area contributed by atoms with E-state index in [1.165, 1.54) is 31.3 Å². The fourth-order valence-electron chi connectivity index (χ4n) is 6.29. The molecular formula is C20H32O2. The molecule has 0 bridgehead atoms. The summed E-state index contributed by atoms with van der Waals surface area (Å²) in [6, 6.07) is 0. The number of carbonyl (C=O) groups is 1. The maximum atomic E-state index is 11.6. The van der Waals surface area contributed by atoms with Crippen LogP contribution in [-0.4, -0.2) is 11.1 Å². The average molecular weight is 304 g/mol. The first-order valence-corrected chi connectivity index (χ1v) is 9.04. The van der Waals surface area contributed by atoms with E-state index in [0.29, 0.717) is 23.2 Å². The molecule has 2 saturated carbocycles. The zero-order valence-electron chi connectivity index (χ0n) is 14.7. The molecule has 4 atom stereocenters. The normalized spacial score (nSPS) is 43.7. The summed E-state index contributed by atoms with van der Waals surface area (Å²) in [4.78, 5) is 11.6. The summed E-state index contributed by atoms with van der Waals surface area (Å²) in [6.07, 6.45) is 11.1. The molecule has 0 aliphatic heterocycles. The average Bonchev–Trinajstić information content (AvgIpc) is 2.38. The lowest BCUT2D eigenvalue weighted by atomic mass is 9.42. The second-order valence-electron chi connectivity index (χ2n) is 9.56. The number of allylic oxidation sites excluding steroid dienone is 2. The van der Waals surface area contributed by atoms with Gasteiger partial charge in [-0.3, -0.25) is 4.79 Å². The van der Waals surface area contributed by atoms with E-state index in [9.17, 15) is 9.90 Å². The van der Waals surface area contributed by atoms with Crippen LogP contribution in [0.25, 0.3) is 0 Å². The Labute approximate surface area is 135 Å². The highest BCUT2D eigenvalue weighted by atomic mass is 16.4. The molecule has 2 fully saturated rings. The van der Waals surface area contributed by atoms with Gasteiger partial charge in [0.25, 0.3) is 0 Å². The molecule has 0 saturated heterocycles. The minimum atomic E-state index is -0.599. The van der Waals surface area contributed by atoms with Crippen LogP contribution in [0.1, 0.15) is 79.1 Å². The van der Waals surface area contributed by atoms with E-state index < -0.39 is 5.97 Å². The van der Waals surface area contributed by atoms with E-state index in [-0.39, 0.29) is 5.41 Å². The number of rotatable bonds is 2. The highest BCUT2D eigenvalue weighted by Crippen LogP contribution is 2.66. The van der Waals surface area contributed by atoms with Crippen molar-refractivity contribution in [1.29, 1.82) is 0 Å². The van der Waals surface area contributed by atoms with Gasteiger partial charge in [0.2, 0.25) is 0 Å². The first kappa shape index (κ1) is 16.1. The van der Waals surface area contributed by atoms with Gasteiger partial charge in [-0.05, 0) is 80.0 Å². The maximum absolute atomic E-state index is 11.6. The Morgan fingerprint density at radius 3 is 2.68 bits per heavy atom. The molecule has 0 spiro atoms. The first-order valence-electron chi connectivity index (χ1n) is 9.04. The van der Waals surface area contributed by atoms with Crippen molar-refractivity contribution in [3.63, 3.8) is 0 Å². The number of hydrogen-bond donors (Lipinski definition) is 1.